The van der Waals surface area contributed by atoms with Crippen molar-refractivity contribution >= 4 is 5.69 Å². The standard InChI is InChI=1S/C16H25FN2O/c1-4-18-12(3)14-8-15(17)11(2)7-16(14)19-6-5-13(9-19)10-20/h7-8,12-13,18,20H,4-6,9-10H2,1-3H3. The predicted octanol–water partition coefficient (Wildman–Crippen LogP) is 2.62. The Hall–Kier alpha value is -1.13. The maximum Gasteiger partial charge on any atom is 0.126 e. The van der Waals surface area contributed by atoms with Gasteiger partial charge in [0.05, 0.1) is 0 Å². The minimum atomic E-state index is -0.147. The molecule has 0 radical (unpaired) electrons. The van der Waals surface area contributed by atoms with Gasteiger partial charge in [0, 0.05) is 37.3 Å². The molecule has 1 heterocycles. The largest absolute Gasteiger partial charge is 0.396 e. The lowest BCUT2D eigenvalue weighted by atomic mass is 10.0. The van der Waals surface area contributed by atoms with Gasteiger partial charge in [-0.15, -0.1) is 0 Å². The van der Waals surface area contributed by atoms with E-state index >= 15 is 0 Å². The normalized spacial score (nSPS) is 20.4. The molecule has 2 unspecified atom stereocenters. The van der Waals surface area contributed by atoms with Crippen LogP contribution >= 0.6 is 0 Å². The maximum absolute atomic E-state index is 13.9. The van der Waals surface area contributed by atoms with Crippen LogP contribution in [-0.4, -0.2) is 31.3 Å². The first kappa shape index (κ1) is 15.3. The zero-order valence-corrected chi connectivity index (χ0v) is 12.6. The van der Waals surface area contributed by atoms with Gasteiger partial charge < -0.3 is 15.3 Å². The van der Waals surface area contributed by atoms with E-state index in [2.05, 4.69) is 24.1 Å². The first-order valence-electron chi connectivity index (χ1n) is 7.46. The van der Waals surface area contributed by atoms with Crippen molar-refractivity contribution in [2.45, 2.75) is 33.2 Å². The number of aryl methyl sites for hydroxylation is 1. The first-order chi connectivity index (χ1) is 9.56. The Morgan fingerprint density at radius 1 is 1.50 bits per heavy atom. The molecular weight excluding hydrogens is 255 g/mol. The summed E-state index contributed by atoms with van der Waals surface area (Å²) in [5.41, 5.74) is 2.79. The minimum Gasteiger partial charge on any atom is -0.396 e. The van der Waals surface area contributed by atoms with Crippen molar-refractivity contribution < 1.29 is 9.50 Å². The molecule has 2 atom stereocenters. The summed E-state index contributed by atoms with van der Waals surface area (Å²) in [5, 5.41) is 12.6. The number of aliphatic hydroxyl groups excluding tert-OH is 1. The molecule has 0 spiro atoms. The molecule has 2 N–H and O–H groups in total. The van der Waals surface area contributed by atoms with Gasteiger partial charge in [-0.3, -0.25) is 0 Å². The van der Waals surface area contributed by atoms with Gasteiger partial charge in [-0.2, -0.15) is 0 Å². The monoisotopic (exact) mass is 280 g/mol. The second-order valence-corrected chi connectivity index (χ2v) is 5.72. The predicted molar refractivity (Wildman–Crippen MR) is 80.6 cm³/mol. The SMILES string of the molecule is CCNC(C)c1cc(F)c(C)cc1N1CCC(CO)C1. The summed E-state index contributed by atoms with van der Waals surface area (Å²) >= 11 is 0. The summed E-state index contributed by atoms with van der Waals surface area (Å²) < 4.78 is 13.9. The molecule has 1 aliphatic rings. The lowest BCUT2D eigenvalue weighted by Gasteiger charge is -2.26. The van der Waals surface area contributed by atoms with Gasteiger partial charge in [0.2, 0.25) is 0 Å². The van der Waals surface area contributed by atoms with Crippen LogP contribution in [0.4, 0.5) is 10.1 Å². The molecule has 2 rings (SSSR count). The number of rotatable bonds is 5. The van der Waals surface area contributed by atoms with Gasteiger partial charge in [-0.25, -0.2) is 4.39 Å². The van der Waals surface area contributed by atoms with Crippen LogP contribution in [0, 0.1) is 18.7 Å². The van der Waals surface area contributed by atoms with Crippen LogP contribution in [0.5, 0.6) is 0 Å². The van der Waals surface area contributed by atoms with Gasteiger partial charge >= 0.3 is 0 Å². The Bertz CT molecular complexity index is 464. The van der Waals surface area contributed by atoms with Crippen LogP contribution in [0.1, 0.15) is 37.4 Å². The molecular formula is C16H25FN2O. The van der Waals surface area contributed by atoms with Crippen molar-refractivity contribution in [3.63, 3.8) is 0 Å². The fourth-order valence-electron chi connectivity index (χ4n) is 2.92. The van der Waals surface area contributed by atoms with Gasteiger partial charge in [0.25, 0.3) is 0 Å². The third kappa shape index (κ3) is 3.13. The highest BCUT2D eigenvalue weighted by molar-refractivity contribution is 5.57. The van der Waals surface area contributed by atoms with E-state index in [1.54, 1.807) is 13.0 Å². The van der Waals surface area contributed by atoms with Crippen molar-refractivity contribution in [2.24, 2.45) is 5.92 Å². The van der Waals surface area contributed by atoms with Crippen molar-refractivity contribution in [1.29, 1.82) is 0 Å². The highest BCUT2D eigenvalue weighted by Gasteiger charge is 2.25. The number of nitrogens with zero attached hydrogens (tertiary/aromatic N) is 1. The van der Waals surface area contributed by atoms with Crippen molar-refractivity contribution in [1.82, 2.24) is 5.32 Å². The quantitative estimate of drug-likeness (QED) is 0.870. The number of benzene rings is 1. The molecule has 0 saturated carbocycles. The van der Waals surface area contributed by atoms with Crippen LogP contribution in [-0.2, 0) is 0 Å². The summed E-state index contributed by atoms with van der Waals surface area (Å²) in [6, 6.07) is 3.72. The zero-order chi connectivity index (χ0) is 14.7. The van der Waals surface area contributed by atoms with Crippen LogP contribution in [0.2, 0.25) is 0 Å². The fourth-order valence-corrected chi connectivity index (χ4v) is 2.92. The average Bonchev–Trinajstić information content (AvgIpc) is 2.90. The molecule has 1 aliphatic heterocycles. The fraction of sp³-hybridized carbons (Fsp3) is 0.625. The van der Waals surface area contributed by atoms with Crippen molar-refractivity contribution in [3.8, 4) is 0 Å². The lowest BCUT2D eigenvalue weighted by Crippen LogP contribution is -2.25. The molecule has 0 amide bonds. The lowest BCUT2D eigenvalue weighted by molar-refractivity contribution is 0.238. The Balaban J connectivity index is 2.32. The number of aliphatic hydroxyl groups is 1. The van der Waals surface area contributed by atoms with Gasteiger partial charge in [0.1, 0.15) is 5.82 Å². The first-order valence-corrected chi connectivity index (χ1v) is 7.46. The van der Waals surface area contributed by atoms with E-state index in [0.29, 0.717) is 11.5 Å². The Labute approximate surface area is 120 Å². The van der Waals surface area contributed by atoms with Crippen LogP contribution in [0.25, 0.3) is 0 Å². The number of anilines is 1. The summed E-state index contributed by atoms with van der Waals surface area (Å²) in [4.78, 5) is 2.27. The number of nitrogens with one attached hydrogen (secondary N) is 1. The zero-order valence-electron chi connectivity index (χ0n) is 12.6. The molecule has 112 valence electrons. The number of hydrogen-bond acceptors (Lipinski definition) is 3. The van der Waals surface area contributed by atoms with E-state index in [0.717, 1.165) is 37.3 Å². The van der Waals surface area contributed by atoms with Crippen LogP contribution in [0.3, 0.4) is 0 Å². The molecule has 1 fully saturated rings. The van der Waals surface area contributed by atoms with E-state index in [-0.39, 0.29) is 18.5 Å². The molecule has 20 heavy (non-hydrogen) atoms. The summed E-state index contributed by atoms with van der Waals surface area (Å²) in [6.07, 6.45) is 1.00. The average molecular weight is 280 g/mol. The van der Waals surface area contributed by atoms with Crippen LogP contribution in [0.15, 0.2) is 12.1 Å². The highest BCUT2D eigenvalue weighted by Crippen LogP contribution is 2.32. The van der Waals surface area contributed by atoms with Gasteiger partial charge in [-0.05, 0) is 50.1 Å². The van der Waals surface area contributed by atoms with E-state index < -0.39 is 0 Å². The Kier molecular flexibility index (Phi) is 5.00. The summed E-state index contributed by atoms with van der Waals surface area (Å²) in [7, 11) is 0. The highest BCUT2D eigenvalue weighted by atomic mass is 19.1. The molecule has 0 bridgehead atoms. The third-order valence-electron chi connectivity index (χ3n) is 4.17. The molecule has 1 saturated heterocycles. The van der Waals surface area contributed by atoms with E-state index in [9.17, 15) is 9.50 Å². The van der Waals surface area contributed by atoms with Crippen molar-refractivity contribution in [3.05, 3.63) is 29.1 Å². The number of halogens is 1. The third-order valence-corrected chi connectivity index (χ3v) is 4.17. The van der Waals surface area contributed by atoms with E-state index in [1.807, 2.05) is 6.07 Å². The molecule has 0 aliphatic carbocycles. The molecule has 1 aromatic carbocycles. The second kappa shape index (κ2) is 6.55. The topological polar surface area (TPSA) is 35.5 Å². The molecule has 1 aromatic rings. The van der Waals surface area contributed by atoms with Crippen LogP contribution < -0.4 is 10.2 Å². The van der Waals surface area contributed by atoms with E-state index in [4.69, 9.17) is 0 Å². The molecule has 3 nitrogen and oxygen atoms in total. The van der Waals surface area contributed by atoms with E-state index in [1.165, 1.54) is 0 Å². The minimum absolute atomic E-state index is 0.123. The smallest absolute Gasteiger partial charge is 0.126 e. The Morgan fingerprint density at radius 3 is 2.85 bits per heavy atom. The summed E-state index contributed by atoms with van der Waals surface area (Å²) in [5.74, 6) is 0.189. The second-order valence-electron chi connectivity index (χ2n) is 5.72. The molecule has 0 aromatic heterocycles. The maximum atomic E-state index is 13.9. The number of hydrogen-bond donors (Lipinski definition) is 2. The summed E-state index contributed by atoms with van der Waals surface area (Å²) in [6.45, 7) is 8.80. The molecule has 4 heteroatoms. The van der Waals surface area contributed by atoms with Gasteiger partial charge in [0.15, 0.2) is 0 Å². The van der Waals surface area contributed by atoms with Crippen molar-refractivity contribution in [2.75, 3.05) is 31.1 Å². The van der Waals surface area contributed by atoms with Gasteiger partial charge in [-0.1, -0.05) is 6.92 Å². The Morgan fingerprint density at radius 2 is 2.25 bits per heavy atom.